The number of halogens is 1. The number of nitrogens with one attached hydrogen (secondary N) is 2. The smallest absolute Gasteiger partial charge is 0.316 e. The zero-order chi connectivity index (χ0) is 21.3. The predicted octanol–water partition coefficient (Wildman–Crippen LogP) is 4.24. The van der Waals surface area contributed by atoms with Gasteiger partial charge >= 0.3 is 5.69 Å². The molecule has 2 aliphatic rings. The number of nitro groups is 1. The standard InChI is InChI=1S/C20H25FN6O3/c1-13(22)14-10-23-16(9-15(14)24-12-20(21)6-4-7-20)19-17(27(28)29)11-26(25-19)18-5-2-3-8-30-18/h9-11,18,22H,2-8,12H2,1H3,(H,23,24). The minimum Gasteiger partial charge on any atom is -0.381 e. The molecule has 9 nitrogen and oxygen atoms in total. The molecule has 0 spiro atoms. The van der Waals surface area contributed by atoms with Gasteiger partial charge in [0.2, 0.25) is 0 Å². The van der Waals surface area contributed by atoms with Gasteiger partial charge in [-0.2, -0.15) is 5.10 Å². The molecule has 1 saturated heterocycles. The summed E-state index contributed by atoms with van der Waals surface area (Å²) in [6.45, 7) is 2.34. The summed E-state index contributed by atoms with van der Waals surface area (Å²) in [6, 6.07) is 1.61. The highest BCUT2D eigenvalue weighted by Crippen LogP contribution is 2.37. The summed E-state index contributed by atoms with van der Waals surface area (Å²) in [5.41, 5.74) is 0.336. The highest BCUT2D eigenvalue weighted by Gasteiger charge is 2.37. The van der Waals surface area contributed by atoms with Gasteiger partial charge < -0.3 is 15.5 Å². The third-order valence-corrected chi connectivity index (χ3v) is 5.76. The highest BCUT2D eigenvalue weighted by atomic mass is 19.1. The second-order valence-corrected chi connectivity index (χ2v) is 8.02. The van der Waals surface area contributed by atoms with Gasteiger partial charge in [-0.15, -0.1) is 0 Å². The van der Waals surface area contributed by atoms with E-state index >= 15 is 0 Å². The van der Waals surface area contributed by atoms with E-state index in [2.05, 4.69) is 15.4 Å². The van der Waals surface area contributed by atoms with E-state index in [0.29, 0.717) is 36.4 Å². The maximum atomic E-state index is 14.5. The SMILES string of the molecule is CC(=N)c1cnc(-c2nn(C3CCCCO3)cc2[N+](=O)[O-])cc1NCC1(F)CCC1. The molecule has 4 rings (SSSR count). The Bertz CT molecular complexity index is 965. The molecule has 2 fully saturated rings. The summed E-state index contributed by atoms with van der Waals surface area (Å²) in [7, 11) is 0. The summed E-state index contributed by atoms with van der Waals surface area (Å²) >= 11 is 0. The van der Waals surface area contributed by atoms with Crippen molar-refractivity contribution in [1.82, 2.24) is 14.8 Å². The van der Waals surface area contributed by atoms with Crippen molar-refractivity contribution in [2.75, 3.05) is 18.5 Å². The maximum Gasteiger partial charge on any atom is 0.316 e. The fourth-order valence-electron chi connectivity index (χ4n) is 3.80. The van der Waals surface area contributed by atoms with Gasteiger partial charge in [0, 0.05) is 36.3 Å². The first-order chi connectivity index (χ1) is 14.4. The summed E-state index contributed by atoms with van der Waals surface area (Å²) in [5.74, 6) is 0. The zero-order valence-electron chi connectivity index (χ0n) is 16.9. The molecular formula is C20H25FN6O3. The largest absolute Gasteiger partial charge is 0.381 e. The minimum atomic E-state index is -1.25. The van der Waals surface area contributed by atoms with Crippen LogP contribution in [0.15, 0.2) is 18.5 Å². The second kappa shape index (κ2) is 8.10. The van der Waals surface area contributed by atoms with Crippen molar-refractivity contribution in [2.45, 2.75) is 57.3 Å². The molecule has 30 heavy (non-hydrogen) atoms. The molecule has 1 saturated carbocycles. The van der Waals surface area contributed by atoms with Crippen LogP contribution in [0.1, 0.15) is 57.2 Å². The fourth-order valence-corrected chi connectivity index (χ4v) is 3.80. The Morgan fingerprint density at radius 1 is 1.47 bits per heavy atom. The van der Waals surface area contributed by atoms with Crippen LogP contribution in [0.2, 0.25) is 0 Å². The van der Waals surface area contributed by atoms with Crippen LogP contribution in [-0.2, 0) is 4.74 Å². The van der Waals surface area contributed by atoms with Gasteiger partial charge in [0.15, 0.2) is 5.69 Å². The number of nitrogens with zero attached hydrogens (tertiary/aromatic N) is 4. The Labute approximate surface area is 173 Å². The van der Waals surface area contributed by atoms with Gasteiger partial charge in [-0.1, -0.05) is 0 Å². The number of hydrogen-bond donors (Lipinski definition) is 2. The van der Waals surface area contributed by atoms with Crippen molar-refractivity contribution in [3.63, 3.8) is 0 Å². The van der Waals surface area contributed by atoms with Crippen molar-refractivity contribution in [3.8, 4) is 11.4 Å². The van der Waals surface area contributed by atoms with E-state index in [1.165, 1.54) is 17.1 Å². The topological polar surface area (TPSA) is 119 Å². The van der Waals surface area contributed by atoms with E-state index < -0.39 is 10.6 Å². The maximum absolute atomic E-state index is 14.5. The number of rotatable bonds is 7. The molecule has 0 aromatic carbocycles. The summed E-state index contributed by atoms with van der Waals surface area (Å²) in [5, 5.41) is 27.1. The van der Waals surface area contributed by atoms with E-state index in [1.807, 2.05) is 0 Å². The van der Waals surface area contributed by atoms with Gasteiger partial charge in [0.05, 0.1) is 10.6 Å². The van der Waals surface area contributed by atoms with E-state index in [9.17, 15) is 14.5 Å². The van der Waals surface area contributed by atoms with Gasteiger partial charge in [0.1, 0.15) is 18.1 Å². The van der Waals surface area contributed by atoms with Gasteiger partial charge in [-0.3, -0.25) is 15.1 Å². The molecule has 1 atom stereocenters. The number of hydrogen-bond acceptors (Lipinski definition) is 7. The predicted molar refractivity (Wildman–Crippen MR) is 110 cm³/mol. The number of anilines is 1. The molecule has 160 valence electrons. The van der Waals surface area contributed by atoms with Crippen LogP contribution >= 0.6 is 0 Å². The van der Waals surface area contributed by atoms with Crippen LogP contribution in [0, 0.1) is 15.5 Å². The molecule has 3 heterocycles. The lowest BCUT2D eigenvalue weighted by molar-refractivity contribution is -0.384. The second-order valence-electron chi connectivity index (χ2n) is 8.02. The molecule has 2 aromatic rings. The lowest BCUT2D eigenvalue weighted by Gasteiger charge is -2.34. The van der Waals surface area contributed by atoms with Crippen LogP contribution in [0.5, 0.6) is 0 Å². The van der Waals surface area contributed by atoms with Gasteiger partial charge in [0.25, 0.3) is 0 Å². The molecule has 0 amide bonds. The number of pyridine rings is 1. The first-order valence-electron chi connectivity index (χ1n) is 10.2. The molecule has 0 radical (unpaired) electrons. The molecule has 1 aliphatic carbocycles. The van der Waals surface area contributed by atoms with Crippen LogP contribution in [0.3, 0.4) is 0 Å². The normalized spacial score (nSPS) is 20.4. The third-order valence-electron chi connectivity index (χ3n) is 5.76. The minimum absolute atomic E-state index is 0.128. The average Bonchev–Trinajstić information content (AvgIpc) is 3.17. The Morgan fingerprint density at radius 3 is 2.87 bits per heavy atom. The molecule has 1 aliphatic heterocycles. The molecular weight excluding hydrogens is 391 g/mol. The molecule has 0 bridgehead atoms. The molecule has 2 N–H and O–H groups in total. The Kier molecular flexibility index (Phi) is 5.50. The van der Waals surface area contributed by atoms with Crippen molar-refractivity contribution < 1.29 is 14.1 Å². The van der Waals surface area contributed by atoms with Crippen LogP contribution in [0.4, 0.5) is 15.8 Å². The summed E-state index contributed by atoms with van der Waals surface area (Å²) in [4.78, 5) is 15.5. The van der Waals surface area contributed by atoms with E-state index in [4.69, 9.17) is 10.1 Å². The zero-order valence-corrected chi connectivity index (χ0v) is 16.9. The first kappa shape index (κ1) is 20.4. The Balaban J connectivity index is 1.68. The molecule has 2 aromatic heterocycles. The number of ether oxygens (including phenoxy) is 1. The van der Waals surface area contributed by atoms with Gasteiger partial charge in [-0.05, 0) is 51.5 Å². The quantitative estimate of drug-likeness (QED) is 0.396. The number of alkyl halides is 1. The third kappa shape index (κ3) is 4.04. The van der Waals surface area contributed by atoms with Crippen molar-refractivity contribution in [1.29, 1.82) is 5.41 Å². The van der Waals surface area contributed by atoms with E-state index in [1.54, 1.807) is 13.0 Å². The molecule has 1 unspecified atom stereocenters. The fraction of sp³-hybridized carbons (Fsp3) is 0.550. The highest BCUT2D eigenvalue weighted by molar-refractivity contribution is 6.01. The monoisotopic (exact) mass is 416 g/mol. The Morgan fingerprint density at radius 2 is 2.27 bits per heavy atom. The average molecular weight is 416 g/mol. The van der Waals surface area contributed by atoms with Crippen molar-refractivity contribution >= 4 is 17.1 Å². The van der Waals surface area contributed by atoms with Crippen molar-refractivity contribution in [3.05, 3.63) is 34.1 Å². The van der Waals surface area contributed by atoms with Crippen LogP contribution in [0.25, 0.3) is 11.4 Å². The summed E-state index contributed by atoms with van der Waals surface area (Å²) in [6.07, 6.45) is 7.07. The lowest BCUT2D eigenvalue weighted by atomic mass is 9.82. The van der Waals surface area contributed by atoms with Crippen LogP contribution in [-0.4, -0.2) is 44.2 Å². The van der Waals surface area contributed by atoms with E-state index in [0.717, 1.165) is 25.7 Å². The van der Waals surface area contributed by atoms with Crippen molar-refractivity contribution in [2.24, 2.45) is 0 Å². The Hall–Kier alpha value is -2.88. The van der Waals surface area contributed by atoms with Gasteiger partial charge in [-0.25, -0.2) is 9.07 Å². The van der Waals surface area contributed by atoms with E-state index in [-0.39, 0.29) is 29.9 Å². The first-order valence-corrected chi connectivity index (χ1v) is 10.2. The van der Waals surface area contributed by atoms with Crippen LogP contribution < -0.4 is 5.32 Å². The lowest BCUT2D eigenvalue weighted by Crippen LogP contribution is -2.39. The number of aromatic nitrogens is 3. The molecule has 10 heteroatoms. The summed E-state index contributed by atoms with van der Waals surface area (Å²) < 4.78 is 21.7.